The number of amides is 1. The molecular formula is C17H16N4O2. The highest BCUT2D eigenvalue weighted by molar-refractivity contribution is 5.97. The van der Waals surface area contributed by atoms with E-state index in [9.17, 15) is 4.79 Å². The van der Waals surface area contributed by atoms with Crippen LogP contribution in [-0.4, -0.2) is 21.3 Å². The van der Waals surface area contributed by atoms with Crippen LogP contribution in [0, 0.1) is 6.92 Å². The maximum Gasteiger partial charge on any atom is 0.271 e. The number of carbonyl (C=O) groups excluding carboxylic acids is 1. The normalized spacial score (nSPS) is 10.5. The highest BCUT2D eigenvalue weighted by atomic mass is 16.5. The van der Waals surface area contributed by atoms with Crippen molar-refractivity contribution in [2.45, 2.75) is 13.5 Å². The van der Waals surface area contributed by atoms with Crippen molar-refractivity contribution in [3.05, 3.63) is 65.4 Å². The van der Waals surface area contributed by atoms with Gasteiger partial charge in [-0.1, -0.05) is 36.4 Å². The van der Waals surface area contributed by atoms with E-state index in [2.05, 4.69) is 15.4 Å². The number of aromatic amines is 1. The molecule has 0 saturated carbocycles. The molecule has 3 N–H and O–H groups in total. The number of ether oxygens (including phenoxy) is 1. The molecular weight excluding hydrogens is 292 g/mol. The zero-order chi connectivity index (χ0) is 16.2. The lowest BCUT2D eigenvalue weighted by Crippen LogP contribution is -2.13. The number of rotatable bonds is 5. The van der Waals surface area contributed by atoms with Gasteiger partial charge in [-0.3, -0.25) is 4.79 Å². The molecule has 0 saturated heterocycles. The van der Waals surface area contributed by atoms with Crippen molar-refractivity contribution in [2.75, 3.05) is 0 Å². The Labute approximate surface area is 133 Å². The second-order valence-electron chi connectivity index (χ2n) is 5.16. The van der Waals surface area contributed by atoms with E-state index in [-0.39, 0.29) is 5.69 Å². The Kier molecular flexibility index (Phi) is 4.05. The van der Waals surface area contributed by atoms with E-state index in [1.807, 2.05) is 55.5 Å². The summed E-state index contributed by atoms with van der Waals surface area (Å²) in [5, 5.41) is 10.3. The fraction of sp³-hybridized carbons (Fsp3) is 0.118. The van der Waals surface area contributed by atoms with Crippen LogP contribution in [0.1, 0.15) is 21.6 Å². The van der Waals surface area contributed by atoms with Crippen LogP contribution >= 0.6 is 0 Å². The standard InChI is InChI=1S/C17H16N4O2/c1-11-7-8-13(15-16(17(18)22)20-21-19-15)14(9-11)23-10-12-5-3-2-4-6-12/h2-9H,10H2,1H3,(H2,18,22)(H,19,20,21). The molecule has 116 valence electrons. The van der Waals surface area contributed by atoms with Crippen LogP contribution in [-0.2, 0) is 6.61 Å². The van der Waals surface area contributed by atoms with Crippen LogP contribution in [0.15, 0.2) is 48.5 Å². The molecule has 0 aliphatic carbocycles. The van der Waals surface area contributed by atoms with Gasteiger partial charge < -0.3 is 10.5 Å². The van der Waals surface area contributed by atoms with Crippen molar-refractivity contribution >= 4 is 5.91 Å². The summed E-state index contributed by atoms with van der Waals surface area (Å²) in [5.41, 5.74) is 8.59. The molecule has 6 heteroatoms. The van der Waals surface area contributed by atoms with Gasteiger partial charge >= 0.3 is 0 Å². The van der Waals surface area contributed by atoms with Gasteiger partial charge in [0.1, 0.15) is 18.1 Å². The summed E-state index contributed by atoms with van der Waals surface area (Å²) in [6, 6.07) is 15.5. The number of H-pyrrole nitrogens is 1. The van der Waals surface area contributed by atoms with Gasteiger partial charge in [0.2, 0.25) is 0 Å². The summed E-state index contributed by atoms with van der Waals surface area (Å²) in [6.07, 6.45) is 0. The number of benzene rings is 2. The van der Waals surface area contributed by atoms with E-state index >= 15 is 0 Å². The summed E-state index contributed by atoms with van der Waals surface area (Å²) in [5.74, 6) is -0.00594. The average Bonchev–Trinajstić information content (AvgIpc) is 3.03. The Morgan fingerprint density at radius 3 is 2.70 bits per heavy atom. The van der Waals surface area contributed by atoms with Crippen LogP contribution in [0.5, 0.6) is 5.75 Å². The smallest absolute Gasteiger partial charge is 0.271 e. The summed E-state index contributed by atoms with van der Waals surface area (Å²) in [4.78, 5) is 11.5. The first-order valence-corrected chi connectivity index (χ1v) is 7.13. The van der Waals surface area contributed by atoms with Gasteiger partial charge in [-0.25, -0.2) is 0 Å². The maximum atomic E-state index is 11.5. The van der Waals surface area contributed by atoms with Crippen molar-refractivity contribution in [1.82, 2.24) is 15.4 Å². The lowest BCUT2D eigenvalue weighted by Gasteiger charge is -2.11. The molecule has 0 unspecified atom stereocenters. The SMILES string of the molecule is Cc1ccc(-c2n[nH]nc2C(N)=O)c(OCc2ccccc2)c1. The number of primary amides is 1. The lowest BCUT2D eigenvalue weighted by atomic mass is 10.1. The first-order valence-electron chi connectivity index (χ1n) is 7.13. The average molecular weight is 308 g/mol. The monoisotopic (exact) mass is 308 g/mol. The van der Waals surface area contributed by atoms with Crippen molar-refractivity contribution in [3.63, 3.8) is 0 Å². The number of hydrogen-bond donors (Lipinski definition) is 2. The molecule has 0 spiro atoms. The first-order chi connectivity index (χ1) is 11.1. The fourth-order valence-electron chi connectivity index (χ4n) is 2.27. The minimum Gasteiger partial charge on any atom is -0.488 e. The lowest BCUT2D eigenvalue weighted by molar-refractivity contribution is 0.0996. The molecule has 3 rings (SSSR count). The van der Waals surface area contributed by atoms with Crippen molar-refractivity contribution in [1.29, 1.82) is 0 Å². The number of carbonyl (C=O) groups is 1. The number of nitrogens with two attached hydrogens (primary N) is 1. The predicted molar refractivity (Wildman–Crippen MR) is 85.8 cm³/mol. The number of nitrogens with zero attached hydrogens (tertiary/aromatic N) is 2. The number of nitrogens with one attached hydrogen (secondary N) is 1. The van der Waals surface area contributed by atoms with E-state index in [0.29, 0.717) is 23.6 Å². The minimum absolute atomic E-state index is 0.0958. The van der Waals surface area contributed by atoms with Gasteiger partial charge in [0.25, 0.3) is 5.91 Å². The maximum absolute atomic E-state index is 11.5. The number of aromatic nitrogens is 3. The quantitative estimate of drug-likeness (QED) is 0.757. The Hall–Kier alpha value is -3.15. The number of aryl methyl sites for hydroxylation is 1. The van der Waals surface area contributed by atoms with E-state index in [4.69, 9.17) is 10.5 Å². The third-order valence-corrected chi connectivity index (χ3v) is 3.41. The van der Waals surface area contributed by atoms with Crippen LogP contribution < -0.4 is 10.5 Å². The fourth-order valence-corrected chi connectivity index (χ4v) is 2.27. The molecule has 0 radical (unpaired) electrons. The molecule has 1 heterocycles. The summed E-state index contributed by atoms with van der Waals surface area (Å²) >= 11 is 0. The molecule has 1 aromatic heterocycles. The van der Waals surface area contributed by atoms with Gasteiger partial charge in [0.15, 0.2) is 5.69 Å². The second kappa shape index (κ2) is 6.31. The Morgan fingerprint density at radius 1 is 1.17 bits per heavy atom. The molecule has 3 aromatic rings. The molecule has 23 heavy (non-hydrogen) atoms. The molecule has 0 fully saturated rings. The molecule has 0 aliphatic rings. The number of hydrogen-bond acceptors (Lipinski definition) is 4. The van der Waals surface area contributed by atoms with E-state index in [1.165, 1.54) is 0 Å². The third kappa shape index (κ3) is 3.21. The molecule has 6 nitrogen and oxygen atoms in total. The topological polar surface area (TPSA) is 93.9 Å². The summed E-state index contributed by atoms with van der Waals surface area (Å²) in [7, 11) is 0. The minimum atomic E-state index is -0.636. The van der Waals surface area contributed by atoms with Crippen LogP contribution in [0.3, 0.4) is 0 Å². The molecule has 0 atom stereocenters. The van der Waals surface area contributed by atoms with Gasteiger partial charge in [-0.05, 0) is 30.2 Å². The molecule has 0 bridgehead atoms. The van der Waals surface area contributed by atoms with Gasteiger partial charge in [0.05, 0.1) is 0 Å². The first kappa shape index (κ1) is 14.8. The molecule has 1 amide bonds. The van der Waals surface area contributed by atoms with Crippen molar-refractivity contribution in [3.8, 4) is 17.0 Å². The third-order valence-electron chi connectivity index (χ3n) is 3.41. The van der Waals surface area contributed by atoms with Crippen molar-refractivity contribution < 1.29 is 9.53 Å². The van der Waals surface area contributed by atoms with E-state index in [1.54, 1.807) is 0 Å². The van der Waals surface area contributed by atoms with Crippen LogP contribution in [0.2, 0.25) is 0 Å². The second-order valence-corrected chi connectivity index (χ2v) is 5.16. The Morgan fingerprint density at radius 2 is 1.96 bits per heavy atom. The summed E-state index contributed by atoms with van der Waals surface area (Å²) < 4.78 is 5.93. The zero-order valence-corrected chi connectivity index (χ0v) is 12.6. The highest BCUT2D eigenvalue weighted by Gasteiger charge is 2.18. The van der Waals surface area contributed by atoms with Gasteiger partial charge in [-0.2, -0.15) is 15.4 Å². The zero-order valence-electron chi connectivity index (χ0n) is 12.6. The van der Waals surface area contributed by atoms with E-state index in [0.717, 1.165) is 11.1 Å². The largest absolute Gasteiger partial charge is 0.488 e. The highest BCUT2D eigenvalue weighted by Crippen LogP contribution is 2.31. The van der Waals surface area contributed by atoms with E-state index < -0.39 is 5.91 Å². The molecule has 0 aliphatic heterocycles. The predicted octanol–water partition coefficient (Wildman–Crippen LogP) is 2.46. The Balaban J connectivity index is 1.95. The van der Waals surface area contributed by atoms with Crippen molar-refractivity contribution in [2.24, 2.45) is 5.73 Å². The Bertz CT molecular complexity index is 828. The van der Waals surface area contributed by atoms with Crippen LogP contribution in [0.4, 0.5) is 0 Å². The van der Waals surface area contributed by atoms with Gasteiger partial charge in [0, 0.05) is 5.56 Å². The van der Waals surface area contributed by atoms with Crippen LogP contribution in [0.25, 0.3) is 11.3 Å². The van der Waals surface area contributed by atoms with Gasteiger partial charge in [-0.15, -0.1) is 0 Å². The molecule has 2 aromatic carbocycles. The summed E-state index contributed by atoms with van der Waals surface area (Å²) in [6.45, 7) is 2.39.